The quantitative estimate of drug-likeness (QED) is 0.399. The van der Waals surface area contributed by atoms with Crippen LogP contribution in [0.25, 0.3) is 0 Å². The molecule has 1 unspecified atom stereocenters. The fraction of sp³-hybridized carbons (Fsp3) is 0.296. The standard InChI is InChI=1S/C27H29F3N2O3/c1-31-26(33)25(19-9-5-4-6-10-19)32-22(20-13-15-23(34-2)24(17-20)35-3)14-12-18-8-7-11-21(16-18)27(28,29)30/h4-11,13,15-17,22,25,32H,12,14H2,1-3H3,(H,31,33)/t22-,25?/m1/s1. The molecule has 0 aromatic heterocycles. The summed E-state index contributed by atoms with van der Waals surface area (Å²) in [6.45, 7) is 0. The fourth-order valence-corrected chi connectivity index (χ4v) is 3.94. The number of hydrogen-bond acceptors (Lipinski definition) is 4. The topological polar surface area (TPSA) is 59.6 Å². The van der Waals surface area contributed by atoms with Gasteiger partial charge in [0.2, 0.25) is 5.91 Å². The van der Waals surface area contributed by atoms with Crippen LogP contribution in [0.15, 0.2) is 72.8 Å². The van der Waals surface area contributed by atoms with Crippen molar-refractivity contribution in [2.45, 2.75) is 31.1 Å². The van der Waals surface area contributed by atoms with Crippen LogP contribution in [0.4, 0.5) is 13.2 Å². The van der Waals surface area contributed by atoms with Gasteiger partial charge in [-0.3, -0.25) is 10.1 Å². The number of carbonyl (C=O) groups excluding carboxylic acids is 1. The van der Waals surface area contributed by atoms with Gasteiger partial charge in [-0.1, -0.05) is 54.6 Å². The minimum absolute atomic E-state index is 0.222. The Labute approximate surface area is 203 Å². The van der Waals surface area contributed by atoms with Gasteiger partial charge in [0.05, 0.1) is 19.8 Å². The zero-order valence-corrected chi connectivity index (χ0v) is 19.9. The van der Waals surface area contributed by atoms with E-state index in [1.807, 2.05) is 42.5 Å². The van der Waals surface area contributed by atoms with Gasteiger partial charge < -0.3 is 14.8 Å². The fourth-order valence-electron chi connectivity index (χ4n) is 3.94. The number of rotatable bonds is 10. The maximum absolute atomic E-state index is 13.2. The number of methoxy groups -OCH3 is 2. The molecular weight excluding hydrogens is 457 g/mol. The van der Waals surface area contributed by atoms with Crippen LogP contribution >= 0.6 is 0 Å². The van der Waals surface area contributed by atoms with E-state index in [1.165, 1.54) is 26.4 Å². The van der Waals surface area contributed by atoms with Gasteiger partial charge in [-0.15, -0.1) is 0 Å². The third-order valence-corrected chi connectivity index (χ3v) is 5.80. The number of likely N-dealkylation sites (N-methyl/N-ethyl adjacent to an activating group) is 1. The smallest absolute Gasteiger partial charge is 0.416 e. The Morgan fingerprint density at radius 3 is 2.23 bits per heavy atom. The van der Waals surface area contributed by atoms with E-state index in [1.54, 1.807) is 19.2 Å². The Morgan fingerprint density at radius 1 is 0.886 bits per heavy atom. The summed E-state index contributed by atoms with van der Waals surface area (Å²) in [7, 11) is 4.63. The zero-order chi connectivity index (χ0) is 25.4. The van der Waals surface area contributed by atoms with Crippen molar-refractivity contribution in [3.63, 3.8) is 0 Å². The highest BCUT2D eigenvalue weighted by molar-refractivity contribution is 5.83. The second-order valence-corrected chi connectivity index (χ2v) is 8.03. The lowest BCUT2D eigenvalue weighted by atomic mass is 9.95. The average molecular weight is 487 g/mol. The van der Waals surface area contributed by atoms with E-state index in [-0.39, 0.29) is 11.9 Å². The van der Waals surface area contributed by atoms with Crippen molar-refractivity contribution in [1.82, 2.24) is 10.6 Å². The van der Waals surface area contributed by atoms with Crippen molar-refractivity contribution >= 4 is 5.91 Å². The number of ether oxygens (including phenoxy) is 2. The summed E-state index contributed by atoms with van der Waals surface area (Å²) >= 11 is 0. The maximum Gasteiger partial charge on any atom is 0.416 e. The summed E-state index contributed by atoms with van der Waals surface area (Å²) in [5.41, 5.74) is 1.47. The van der Waals surface area contributed by atoms with Gasteiger partial charge >= 0.3 is 6.18 Å². The Kier molecular flexibility index (Phi) is 8.76. The molecule has 3 aromatic carbocycles. The van der Waals surface area contributed by atoms with Crippen molar-refractivity contribution < 1.29 is 27.4 Å². The second-order valence-electron chi connectivity index (χ2n) is 8.03. The zero-order valence-electron chi connectivity index (χ0n) is 19.9. The molecule has 186 valence electrons. The first-order chi connectivity index (χ1) is 16.8. The summed E-state index contributed by atoms with van der Waals surface area (Å²) in [5.74, 6) is 0.853. The van der Waals surface area contributed by atoms with Crippen LogP contribution in [0.2, 0.25) is 0 Å². The van der Waals surface area contributed by atoms with E-state index >= 15 is 0 Å². The molecule has 0 aliphatic rings. The number of alkyl halides is 3. The number of carbonyl (C=O) groups is 1. The molecule has 0 saturated heterocycles. The van der Waals surface area contributed by atoms with Gasteiger partial charge in [0.1, 0.15) is 6.04 Å². The highest BCUT2D eigenvalue weighted by atomic mass is 19.4. The molecule has 2 N–H and O–H groups in total. The number of nitrogens with one attached hydrogen (secondary N) is 2. The molecule has 0 spiro atoms. The lowest BCUT2D eigenvalue weighted by Gasteiger charge is -2.26. The molecule has 0 bridgehead atoms. The van der Waals surface area contributed by atoms with E-state index in [4.69, 9.17) is 9.47 Å². The minimum atomic E-state index is -4.41. The maximum atomic E-state index is 13.2. The van der Waals surface area contributed by atoms with Gasteiger partial charge in [0.15, 0.2) is 11.5 Å². The third-order valence-electron chi connectivity index (χ3n) is 5.80. The van der Waals surface area contributed by atoms with Gasteiger partial charge in [-0.05, 0) is 47.7 Å². The summed E-state index contributed by atoms with van der Waals surface area (Å²) in [6, 6.07) is 19.0. The highest BCUT2D eigenvalue weighted by Gasteiger charge is 2.30. The Balaban J connectivity index is 1.95. The molecular formula is C27H29F3N2O3. The van der Waals surface area contributed by atoms with Crippen molar-refractivity contribution in [1.29, 1.82) is 0 Å². The Morgan fingerprint density at radius 2 is 1.60 bits per heavy atom. The van der Waals surface area contributed by atoms with Crippen molar-refractivity contribution in [3.05, 3.63) is 95.1 Å². The predicted octanol–water partition coefficient (Wildman–Crippen LogP) is 5.47. The number of halogens is 3. The van der Waals surface area contributed by atoms with Gasteiger partial charge in [-0.25, -0.2) is 0 Å². The highest BCUT2D eigenvalue weighted by Crippen LogP contribution is 2.34. The number of aryl methyl sites for hydroxylation is 1. The van der Waals surface area contributed by atoms with E-state index in [9.17, 15) is 18.0 Å². The first-order valence-electron chi connectivity index (χ1n) is 11.2. The van der Waals surface area contributed by atoms with Crippen LogP contribution in [-0.4, -0.2) is 27.2 Å². The van der Waals surface area contributed by atoms with Crippen LogP contribution in [0.3, 0.4) is 0 Å². The van der Waals surface area contributed by atoms with E-state index in [0.717, 1.165) is 17.2 Å². The lowest BCUT2D eigenvalue weighted by molar-refractivity contribution is -0.137. The van der Waals surface area contributed by atoms with Gasteiger partial charge in [-0.2, -0.15) is 13.2 Å². The van der Waals surface area contributed by atoms with Gasteiger partial charge in [0.25, 0.3) is 0 Å². The van der Waals surface area contributed by atoms with Gasteiger partial charge in [0, 0.05) is 13.1 Å². The molecule has 1 amide bonds. The molecule has 0 saturated carbocycles. The number of amides is 1. The van der Waals surface area contributed by atoms with Crippen LogP contribution < -0.4 is 20.1 Å². The van der Waals surface area contributed by atoms with Crippen molar-refractivity contribution in [3.8, 4) is 11.5 Å². The molecule has 0 fully saturated rings. The normalized spacial score (nSPS) is 13.1. The summed E-state index contributed by atoms with van der Waals surface area (Å²) in [6.07, 6.45) is -3.60. The molecule has 0 radical (unpaired) electrons. The van der Waals surface area contributed by atoms with Crippen LogP contribution in [0.1, 0.15) is 40.8 Å². The number of benzene rings is 3. The molecule has 3 aromatic rings. The van der Waals surface area contributed by atoms with Crippen LogP contribution in [0, 0.1) is 0 Å². The van der Waals surface area contributed by atoms with Crippen molar-refractivity contribution in [2.75, 3.05) is 21.3 Å². The predicted molar refractivity (Wildman–Crippen MR) is 128 cm³/mol. The molecule has 8 heteroatoms. The molecule has 0 aliphatic heterocycles. The summed E-state index contributed by atoms with van der Waals surface area (Å²) in [4.78, 5) is 12.8. The van der Waals surface area contributed by atoms with E-state index < -0.39 is 17.8 Å². The van der Waals surface area contributed by atoms with Crippen molar-refractivity contribution in [2.24, 2.45) is 0 Å². The van der Waals surface area contributed by atoms with Crippen LogP contribution in [-0.2, 0) is 17.4 Å². The largest absolute Gasteiger partial charge is 0.493 e. The molecule has 0 heterocycles. The summed E-state index contributed by atoms with van der Waals surface area (Å²) < 4.78 is 50.4. The molecule has 35 heavy (non-hydrogen) atoms. The lowest BCUT2D eigenvalue weighted by Crippen LogP contribution is -2.38. The summed E-state index contributed by atoms with van der Waals surface area (Å²) in [5, 5.41) is 6.10. The van der Waals surface area contributed by atoms with Crippen LogP contribution in [0.5, 0.6) is 11.5 Å². The molecule has 2 atom stereocenters. The SMILES string of the molecule is CNC(=O)C(N[C@H](CCc1cccc(C(F)(F)F)c1)c1ccc(OC)c(OC)c1)c1ccccc1. The first kappa shape index (κ1) is 26.1. The van der Waals surface area contributed by atoms with E-state index in [0.29, 0.717) is 29.9 Å². The average Bonchev–Trinajstić information content (AvgIpc) is 2.88. The van der Waals surface area contributed by atoms with E-state index in [2.05, 4.69) is 10.6 Å². The minimum Gasteiger partial charge on any atom is -0.493 e. The monoisotopic (exact) mass is 486 g/mol. The molecule has 3 rings (SSSR count). The second kappa shape index (κ2) is 11.8. The number of hydrogen-bond donors (Lipinski definition) is 2. The Bertz CT molecular complexity index is 1120. The third kappa shape index (κ3) is 6.76. The first-order valence-corrected chi connectivity index (χ1v) is 11.2. The molecule has 5 nitrogen and oxygen atoms in total. The molecule has 0 aliphatic carbocycles. The Hall–Kier alpha value is -3.52.